The van der Waals surface area contributed by atoms with Crippen LogP contribution >= 0.6 is 0 Å². The highest BCUT2D eigenvalue weighted by Gasteiger charge is 2.31. The quantitative estimate of drug-likeness (QED) is 0.614. The SMILES string of the molecule is O=C(Nc1ccc(C(F)(F)F)cc1)C1CCN(C(=O)c2cccc3ccccc23)CC1. The summed E-state index contributed by atoms with van der Waals surface area (Å²) in [5.74, 6) is -0.589. The van der Waals surface area contributed by atoms with Gasteiger partial charge in [0.2, 0.25) is 5.91 Å². The summed E-state index contributed by atoms with van der Waals surface area (Å²) in [5.41, 5.74) is 0.212. The molecule has 4 nitrogen and oxygen atoms in total. The molecule has 1 saturated heterocycles. The van der Waals surface area contributed by atoms with Gasteiger partial charge in [-0.1, -0.05) is 36.4 Å². The van der Waals surface area contributed by atoms with Gasteiger partial charge in [-0.05, 0) is 53.9 Å². The molecule has 7 heteroatoms. The summed E-state index contributed by atoms with van der Waals surface area (Å²) in [6.45, 7) is 0.903. The van der Waals surface area contributed by atoms with Gasteiger partial charge in [0.05, 0.1) is 5.56 Å². The number of halogens is 3. The van der Waals surface area contributed by atoms with Crippen molar-refractivity contribution in [1.29, 1.82) is 0 Å². The first-order valence-electron chi connectivity index (χ1n) is 10.1. The Morgan fingerprint density at radius 1 is 0.871 bits per heavy atom. The van der Waals surface area contributed by atoms with Crippen molar-refractivity contribution < 1.29 is 22.8 Å². The van der Waals surface area contributed by atoms with Crippen molar-refractivity contribution in [2.24, 2.45) is 5.92 Å². The number of nitrogens with one attached hydrogen (secondary N) is 1. The Hall–Kier alpha value is -3.35. The molecule has 4 rings (SSSR count). The van der Waals surface area contributed by atoms with Crippen molar-refractivity contribution in [2.75, 3.05) is 18.4 Å². The fraction of sp³-hybridized carbons (Fsp3) is 0.250. The molecule has 0 aromatic heterocycles. The summed E-state index contributed by atoms with van der Waals surface area (Å²) < 4.78 is 38.0. The van der Waals surface area contributed by atoms with Gasteiger partial charge in [0, 0.05) is 30.3 Å². The predicted molar refractivity (Wildman–Crippen MR) is 113 cm³/mol. The predicted octanol–water partition coefficient (Wildman–Crippen LogP) is 5.35. The molecule has 31 heavy (non-hydrogen) atoms. The number of nitrogens with zero attached hydrogens (tertiary/aromatic N) is 1. The Balaban J connectivity index is 1.37. The average molecular weight is 426 g/mol. The summed E-state index contributed by atoms with van der Waals surface area (Å²) in [7, 11) is 0. The third-order valence-electron chi connectivity index (χ3n) is 5.65. The maximum absolute atomic E-state index is 13.0. The number of fused-ring (bicyclic) bond motifs is 1. The van der Waals surface area contributed by atoms with E-state index in [0.717, 1.165) is 22.9 Å². The molecule has 0 spiro atoms. The van der Waals surface area contributed by atoms with Crippen LogP contribution in [0.2, 0.25) is 0 Å². The van der Waals surface area contributed by atoms with Gasteiger partial charge in [0.1, 0.15) is 0 Å². The smallest absolute Gasteiger partial charge is 0.339 e. The Kier molecular flexibility index (Phi) is 5.67. The molecule has 1 aliphatic rings. The van der Waals surface area contributed by atoms with Crippen LogP contribution in [-0.4, -0.2) is 29.8 Å². The van der Waals surface area contributed by atoms with E-state index in [1.54, 1.807) is 4.90 Å². The van der Waals surface area contributed by atoms with Crippen LogP contribution < -0.4 is 5.32 Å². The second-order valence-corrected chi connectivity index (χ2v) is 7.66. The number of carbonyl (C=O) groups is 2. The Labute approximate surface area is 177 Å². The van der Waals surface area contributed by atoms with Crippen molar-refractivity contribution in [3.8, 4) is 0 Å². The molecule has 1 N–H and O–H groups in total. The van der Waals surface area contributed by atoms with Crippen molar-refractivity contribution >= 4 is 28.3 Å². The lowest BCUT2D eigenvalue weighted by Crippen LogP contribution is -2.41. The Morgan fingerprint density at radius 2 is 1.52 bits per heavy atom. The molecule has 1 aliphatic heterocycles. The van der Waals surface area contributed by atoms with E-state index in [9.17, 15) is 22.8 Å². The van der Waals surface area contributed by atoms with E-state index in [2.05, 4.69) is 5.32 Å². The van der Waals surface area contributed by atoms with Crippen LogP contribution in [0.25, 0.3) is 10.8 Å². The molecule has 1 heterocycles. The number of hydrogen-bond acceptors (Lipinski definition) is 2. The largest absolute Gasteiger partial charge is 0.416 e. The number of rotatable bonds is 3. The van der Waals surface area contributed by atoms with Crippen LogP contribution in [0.5, 0.6) is 0 Å². The minimum atomic E-state index is -4.41. The van der Waals surface area contributed by atoms with E-state index in [1.165, 1.54) is 12.1 Å². The fourth-order valence-corrected chi connectivity index (χ4v) is 3.91. The molecule has 160 valence electrons. The molecule has 0 atom stereocenters. The monoisotopic (exact) mass is 426 g/mol. The van der Waals surface area contributed by atoms with Gasteiger partial charge in [-0.15, -0.1) is 0 Å². The second kappa shape index (κ2) is 8.41. The van der Waals surface area contributed by atoms with Crippen molar-refractivity contribution in [1.82, 2.24) is 4.90 Å². The summed E-state index contributed by atoms with van der Waals surface area (Å²) in [6.07, 6.45) is -3.40. The standard InChI is InChI=1S/C24H21F3N2O2/c25-24(26,27)18-8-10-19(11-9-18)28-22(30)17-12-14-29(15-13-17)23(31)21-7-3-5-16-4-1-2-6-20(16)21/h1-11,17H,12-15H2,(H,28,30). The van der Waals surface area contributed by atoms with Crippen molar-refractivity contribution in [3.63, 3.8) is 0 Å². The number of alkyl halides is 3. The van der Waals surface area contributed by atoms with Gasteiger partial charge in [0.25, 0.3) is 5.91 Å². The normalized spacial score (nSPS) is 15.1. The van der Waals surface area contributed by atoms with E-state index in [4.69, 9.17) is 0 Å². The number of likely N-dealkylation sites (tertiary alicyclic amines) is 1. The maximum Gasteiger partial charge on any atom is 0.416 e. The number of piperidine rings is 1. The molecule has 2 amide bonds. The van der Waals surface area contributed by atoms with E-state index in [1.807, 2.05) is 42.5 Å². The van der Waals surface area contributed by atoms with Gasteiger partial charge in [-0.3, -0.25) is 9.59 Å². The number of benzene rings is 3. The van der Waals surface area contributed by atoms with Crippen molar-refractivity contribution in [2.45, 2.75) is 19.0 Å². The number of anilines is 1. The number of carbonyl (C=O) groups excluding carboxylic acids is 2. The third kappa shape index (κ3) is 4.55. The van der Waals surface area contributed by atoms with E-state index in [-0.39, 0.29) is 17.7 Å². The molecule has 0 saturated carbocycles. The van der Waals surface area contributed by atoms with Gasteiger partial charge < -0.3 is 10.2 Å². The lowest BCUT2D eigenvalue weighted by atomic mass is 9.94. The van der Waals surface area contributed by atoms with E-state index in [0.29, 0.717) is 37.2 Å². The van der Waals surface area contributed by atoms with Crippen molar-refractivity contribution in [3.05, 3.63) is 77.9 Å². The van der Waals surface area contributed by atoms with Crippen LogP contribution in [0, 0.1) is 5.92 Å². The first-order valence-corrected chi connectivity index (χ1v) is 10.1. The zero-order chi connectivity index (χ0) is 22.0. The minimum absolute atomic E-state index is 0.0570. The first-order chi connectivity index (χ1) is 14.8. The molecule has 0 unspecified atom stereocenters. The Bertz CT molecular complexity index is 1100. The molecule has 1 fully saturated rings. The summed E-state index contributed by atoms with van der Waals surface area (Å²) >= 11 is 0. The van der Waals surface area contributed by atoms with E-state index >= 15 is 0 Å². The molecular formula is C24H21F3N2O2. The molecule has 0 radical (unpaired) electrons. The first kappa shape index (κ1) is 20.9. The third-order valence-corrected chi connectivity index (χ3v) is 5.65. The molecular weight excluding hydrogens is 405 g/mol. The number of amides is 2. The number of hydrogen-bond donors (Lipinski definition) is 1. The van der Waals surface area contributed by atoms with Crippen LogP contribution in [0.3, 0.4) is 0 Å². The minimum Gasteiger partial charge on any atom is -0.339 e. The zero-order valence-electron chi connectivity index (χ0n) is 16.7. The van der Waals surface area contributed by atoms with Crippen LogP contribution in [0.4, 0.5) is 18.9 Å². The lowest BCUT2D eigenvalue weighted by Gasteiger charge is -2.31. The average Bonchev–Trinajstić information content (AvgIpc) is 2.78. The Morgan fingerprint density at radius 3 is 2.19 bits per heavy atom. The summed E-state index contributed by atoms with van der Waals surface area (Å²) in [5, 5.41) is 4.58. The topological polar surface area (TPSA) is 49.4 Å². The van der Waals surface area contributed by atoms with Crippen LogP contribution in [-0.2, 0) is 11.0 Å². The van der Waals surface area contributed by atoms with Gasteiger partial charge in [-0.2, -0.15) is 13.2 Å². The highest BCUT2D eigenvalue weighted by molar-refractivity contribution is 6.07. The molecule has 3 aromatic carbocycles. The second-order valence-electron chi connectivity index (χ2n) is 7.66. The van der Waals surface area contributed by atoms with E-state index < -0.39 is 11.7 Å². The highest BCUT2D eigenvalue weighted by atomic mass is 19.4. The van der Waals surface area contributed by atoms with Gasteiger partial charge in [0.15, 0.2) is 0 Å². The molecule has 0 aliphatic carbocycles. The summed E-state index contributed by atoms with van der Waals surface area (Å²) in [6, 6.07) is 17.7. The van der Waals surface area contributed by atoms with Gasteiger partial charge >= 0.3 is 6.18 Å². The zero-order valence-corrected chi connectivity index (χ0v) is 16.7. The van der Waals surface area contributed by atoms with Crippen LogP contribution in [0.1, 0.15) is 28.8 Å². The lowest BCUT2D eigenvalue weighted by molar-refractivity contribution is -0.137. The molecule has 0 bridgehead atoms. The van der Waals surface area contributed by atoms with Gasteiger partial charge in [-0.25, -0.2) is 0 Å². The molecule has 3 aromatic rings. The fourth-order valence-electron chi connectivity index (χ4n) is 3.91. The summed E-state index contributed by atoms with van der Waals surface area (Å²) in [4.78, 5) is 27.3. The highest BCUT2D eigenvalue weighted by Crippen LogP contribution is 2.30. The maximum atomic E-state index is 13.0. The van der Waals surface area contributed by atoms with Crippen LogP contribution in [0.15, 0.2) is 66.7 Å².